The van der Waals surface area contributed by atoms with Gasteiger partial charge in [-0.3, -0.25) is 0 Å². The van der Waals surface area contributed by atoms with E-state index in [9.17, 15) is 13.2 Å². The second-order valence-corrected chi connectivity index (χ2v) is 6.02. The fraction of sp³-hybridized carbons (Fsp3) is 0.533. The summed E-state index contributed by atoms with van der Waals surface area (Å²) >= 11 is 4.68. The summed E-state index contributed by atoms with van der Waals surface area (Å²) in [5, 5.41) is 0. The Morgan fingerprint density at radius 1 is 1.33 bits per heavy atom. The maximum absolute atomic E-state index is 13.1. The third-order valence-corrected chi connectivity index (χ3v) is 3.97. The van der Waals surface area contributed by atoms with E-state index < -0.39 is 11.7 Å². The normalized spacial score (nSPS) is 22.9. The third-order valence-electron chi connectivity index (χ3n) is 3.75. The highest BCUT2D eigenvalue weighted by Crippen LogP contribution is 2.35. The predicted octanol–water partition coefficient (Wildman–Crippen LogP) is 4.30. The van der Waals surface area contributed by atoms with Gasteiger partial charge in [-0.1, -0.05) is 25.6 Å². The molecule has 0 aliphatic heterocycles. The standard InChI is InChI=1S/C15H18F3NOS/c1-9-3-2-4-10(7-9)20-11-5-6-12(14(19)21)13(8-11)15(16,17)18/h5-6,8-10H,2-4,7H2,1H3,(H2,19,21). The summed E-state index contributed by atoms with van der Waals surface area (Å²) in [7, 11) is 0. The number of thiocarbonyl (C=S) groups is 1. The lowest BCUT2D eigenvalue weighted by Gasteiger charge is -2.27. The average Bonchev–Trinajstić information content (AvgIpc) is 2.37. The fourth-order valence-electron chi connectivity index (χ4n) is 2.72. The van der Waals surface area contributed by atoms with Crippen molar-refractivity contribution >= 4 is 17.2 Å². The zero-order valence-electron chi connectivity index (χ0n) is 11.7. The molecule has 0 heterocycles. The van der Waals surface area contributed by atoms with Crippen molar-refractivity contribution in [1.82, 2.24) is 0 Å². The van der Waals surface area contributed by atoms with E-state index in [4.69, 9.17) is 10.5 Å². The summed E-state index contributed by atoms with van der Waals surface area (Å²) in [5.74, 6) is 0.767. The Labute approximate surface area is 127 Å². The number of hydrogen-bond donors (Lipinski definition) is 1. The number of rotatable bonds is 3. The SMILES string of the molecule is CC1CCCC(Oc2ccc(C(N)=S)c(C(F)(F)F)c2)C1. The van der Waals surface area contributed by atoms with Crippen molar-refractivity contribution in [2.24, 2.45) is 11.7 Å². The molecule has 1 aliphatic carbocycles. The van der Waals surface area contributed by atoms with E-state index in [1.54, 1.807) is 0 Å². The molecule has 1 aromatic carbocycles. The summed E-state index contributed by atoms with van der Waals surface area (Å²) in [6.07, 6.45) is -0.582. The Bertz CT molecular complexity index is 530. The van der Waals surface area contributed by atoms with Crippen LogP contribution in [-0.2, 0) is 6.18 Å². The van der Waals surface area contributed by atoms with E-state index in [1.807, 2.05) is 0 Å². The fourth-order valence-corrected chi connectivity index (χ4v) is 2.90. The van der Waals surface area contributed by atoms with Gasteiger partial charge in [0.15, 0.2) is 0 Å². The van der Waals surface area contributed by atoms with Crippen LogP contribution in [-0.4, -0.2) is 11.1 Å². The van der Waals surface area contributed by atoms with Gasteiger partial charge >= 0.3 is 6.18 Å². The van der Waals surface area contributed by atoms with Crippen LogP contribution < -0.4 is 10.5 Å². The first-order valence-corrected chi connectivity index (χ1v) is 7.36. The van der Waals surface area contributed by atoms with Crippen LogP contribution in [0.15, 0.2) is 18.2 Å². The van der Waals surface area contributed by atoms with E-state index in [2.05, 4.69) is 19.1 Å². The largest absolute Gasteiger partial charge is 0.490 e. The smallest absolute Gasteiger partial charge is 0.417 e. The lowest BCUT2D eigenvalue weighted by atomic mass is 9.88. The molecule has 2 rings (SSSR count). The molecule has 0 amide bonds. The van der Waals surface area contributed by atoms with Gasteiger partial charge in [0.05, 0.1) is 11.7 Å². The lowest BCUT2D eigenvalue weighted by Crippen LogP contribution is -2.24. The molecular formula is C15H18F3NOS. The monoisotopic (exact) mass is 317 g/mol. The Morgan fingerprint density at radius 3 is 2.62 bits per heavy atom. The maximum Gasteiger partial charge on any atom is 0.417 e. The molecule has 0 spiro atoms. The van der Waals surface area contributed by atoms with E-state index in [0.717, 1.165) is 31.7 Å². The second-order valence-electron chi connectivity index (χ2n) is 5.58. The molecule has 0 aromatic heterocycles. The van der Waals surface area contributed by atoms with Crippen molar-refractivity contribution in [1.29, 1.82) is 0 Å². The van der Waals surface area contributed by atoms with Crippen LogP contribution in [0.2, 0.25) is 0 Å². The number of nitrogens with two attached hydrogens (primary N) is 1. The maximum atomic E-state index is 13.1. The van der Waals surface area contributed by atoms with E-state index in [0.29, 0.717) is 5.92 Å². The molecule has 2 N–H and O–H groups in total. The molecular weight excluding hydrogens is 299 g/mol. The minimum atomic E-state index is -4.50. The molecule has 2 nitrogen and oxygen atoms in total. The van der Waals surface area contributed by atoms with Gasteiger partial charge in [-0.25, -0.2) is 0 Å². The van der Waals surface area contributed by atoms with Gasteiger partial charge in [0.1, 0.15) is 10.7 Å². The Balaban J connectivity index is 2.23. The molecule has 1 aromatic rings. The van der Waals surface area contributed by atoms with Crippen LogP contribution in [0.3, 0.4) is 0 Å². The minimum Gasteiger partial charge on any atom is -0.490 e. The van der Waals surface area contributed by atoms with Crippen molar-refractivity contribution in [2.45, 2.75) is 44.9 Å². The molecule has 2 atom stereocenters. The molecule has 0 bridgehead atoms. The van der Waals surface area contributed by atoms with Crippen LogP contribution in [0.25, 0.3) is 0 Å². The highest BCUT2D eigenvalue weighted by molar-refractivity contribution is 7.80. The van der Waals surface area contributed by atoms with E-state index in [1.165, 1.54) is 12.1 Å². The molecule has 1 fully saturated rings. The first kappa shape index (κ1) is 16.1. The van der Waals surface area contributed by atoms with Gasteiger partial charge in [0.2, 0.25) is 0 Å². The Morgan fingerprint density at radius 2 is 2.05 bits per heavy atom. The lowest BCUT2D eigenvalue weighted by molar-refractivity contribution is -0.137. The Hall–Kier alpha value is -1.30. The minimum absolute atomic E-state index is 0.0227. The summed E-state index contributed by atoms with van der Waals surface area (Å²) in [6, 6.07) is 3.78. The third kappa shape index (κ3) is 4.09. The van der Waals surface area contributed by atoms with Gasteiger partial charge < -0.3 is 10.5 Å². The average molecular weight is 317 g/mol. The second kappa shape index (κ2) is 6.22. The van der Waals surface area contributed by atoms with Gasteiger partial charge in [-0.05, 0) is 43.4 Å². The molecule has 0 saturated heterocycles. The quantitative estimate of drug-likeness (QED) is 0.844. The van der Waals surface area contributed by atoms with E-state index >= 15 is 0 Å². The first-order valence-electron chi connectivity index (χ1n) is 6.95. The Kier molecular flexibility index (Phi) is 4.76. The number of ether oxygens (including phenoxy) is 1. The number of benzene rings is 1. The predicted molar refractivity (Wildman–Crippen MR) is 79.4 cm³/mol. The number of halogens is 3. The van der Waals surface area contributed by atoms with Crippen LogP contribution in [0.4, 0.5) is 13.2 Å². The molecule has 116 valence electrons. The molecule has 1 aliphatic rings. The van der Waals surface area contributed by atoms with Crippen molar-refractivity contribution < 1.29 is 17.9 Å². The first-order chi connectivity index (χ1) is 9.77. The van der Waals surface area contributed by atoms with Crippen LogP contribution in [0.1, 0.15) is 43.7 Å². The summed E-state index contributed by atoms with van der Waals surface area (Å²) < 4.78 is 44.9. The van der Waals surface area contributed by atoms with Gasteiger partial charge in [0.25, 0.3) is 0 Å². The summed E-state index contributed by atoms with van der Waals surface area (Å²) in [6.45, 7) is 2.13. The van der Waals surface area contributed by atoms with Crippen LogP contribution >= 0.6 is 12.2 Å². The van der Waals surface area contributed by atoms with E-state index in [-0.39, 0.29) is 22.4 Å². The zero-order chi connectivity index (χ0) is 15.6. The molecule has 21 heavy (non-hydrogen) atoms. The number of alkyl halides is 3. The van der Waals surface area contributed by atoms with Crippen molar-refractivity contribution in [2.75, 3.05) is 0 Å². The van der Waals surface area contributed by atoms with Crippen molar-refractivity contribution in [3.05, 3.63) is 29.3 Å². The molecule has 0 radical (unpaired) electrons. The van der Waals surface area contributed by atoms with Gasteiger partial charge in [-0.2, -0.15) is 13.2 Å². The highest BCUT2D eigenvalue weighted by atomic mass is 32.1. The zero-order valence-corrected chi connectivity index (χ0v) is 12.6. The molecule has 1 saturated carbocycles. The van der Waals surface area contributed by atoms with Crippen LogP contribution in [0.5, 0.6) is 5.75 Å². The summed E-state index contributed by atoms with van der Waals surface area (Å²) in [5.41, 5.74) is 4.35. The summed E-state index contributed by atoms with van der Waals surface area (Å²) in [4.78, 5) is -0.264. The van der Waals surface area contributed by atoms with Crippen molar-refractivity contribution in [3.63, 3.8) is 0 Å². The van der Waals surface area contributed by atoms with Crippen molar-refractivity contribution in [3.8, 4) is 5.75 Å². The van der Waals surface area contributed by atoms with Crippen LogP contribution in [0, 0.1) is 5.92 Å². The van der Waals surface area contributed by atoms with Gasteiger partial charge in [0, 0.05) is 5.56 Å². The topological polar surface area (TPSA) is 35.2 Å². The highest BCUT2D eigenvalue weighted by Gasteiger charge is 2.34. The molecule has 2 unspecified atom stereocenters. The molecule has 6 heteroatoms. The number of hydrogen-bond acceptors (Lipinski definition) is 2. The van der Waals surface area contributed by atoms with Gasteiger partial charge in [-0.15, -0.1) is 0 Å².